The van der Waals surface area contributed by atoms with Gasteiger partial charge in [0.1, 0.15) is 9.97 Å². The number of nitrogens with zero attached hydrogens (tertiary/aromatic N) is 2. The van der Waals surface area contributed by atoms with Crippen molar-refractivity contribution in [3.8, 4) is 0 Å². The first-order valence-electron chi connectivity index (χ1n) is 6.68. The Morgan fingerprint density at radius 2 is 1.95 bits per heavy atom. The van der Waals surface area contributed by atoms with Crippen molar-refractivity contribution >= 4 is 33.9 Å². The number of imidazole rings is 1. The highest BCUT2D eigenvalue weighted by Crippen LogP contribution is 2.14. The van der Waals surface area contributed by atoms with Gasteiger partial charge in [-0.05, 0) is 17.7 Å². The van der Waals surface area contributed by atoms with Crippen LogP contribution in [0.5, 0.6) is 0 Å². The van der Waals surface area contributed by atoms with Gasteiger partial charge in [-0.2, -0.15) is 0 Å². The lowest BCUT2D eigenvalue weighted by Gasteiger charge is -2.06. The lowest BCUT2D eigenvalue weighted by Crippen LogP contribution is -2.17. The van der Waals surface area contributed by atoms with Gasteiger partial charge in [-0.1, -0.05) is 60.4 Å². The Hall–Kier alpha value is -1.85. The maximum absolute atomic E-state index is 5.35. The molecule has 106 valence electrons. The maximum Gasteiger partial charge on any atom is 0.137 e. The van der Waals surface area contributed by atoms with Crippen molar-refractivity contribution in [1.82, 2.24) is 14.7 Å². The van der Waals surface area contributed by atoms with Crippen LogP contribution in [0.2, 0.25) is 0 Å². The zero-order valence-corrected chi connectivity index (χ0v) is 13.0. The first-order valence-corrected chi connectivity index (χ1v) is 8.08. The van der Waals surface area contributed by atoms with Crippen LogP contribution in [0.25, 0.3) is 5.65 Å². The number of pyridine rings is 1. The van der Waals surface area contributed by atoms with Gasteiger partial charge in [0, 0.05) is 24.7 Å². The van der Waals surface area contributed by atoms with Gasteiger partial charge in [-0.3, -0.25) is 0 Å². The fourth-order valence-electron chi connectivity index (χ4n) is 2.02. The van der Waals surface area contributed by atoms with E-state index >= 15 is 0 Å². The normalized spacial score (nSPS) is 10.7. The van der Waals surface area contributed by atoms with E-state index in [1.54, 1.807) is 11.8 Å². The second-order valence-corrected chi connectivity index (χ2v) is 6.27. The molecule has 3 rings (SSSR count). The lowest BCUT2D eigenvalue weighted by molar-refractivity contribution is 0.939. The predicted octanol–water partition coefficient (Wildman–Crippen LogP) is 3.64. The van der Waals surface area contributed by atoms with Crippen LogP contribution in [0.4, 0.5) is 0 Å². The molecule has 0 unspecified atom stereocenters. The second kappa shape index (κ2) is 6.74. The van der Waals surface area contributed by atoms with Crippen LogP contribution in [-0.4, -0.2) is 13.7 Å². The van der Waals surface area contributed by atoms with Crippen molar-refractivity contribution in [3.63, 3.8) is 0 Å². The fraction of sp³-hybridized carbons (Fsp3) is 0.125. The van der Waals surface area contributed by atoms with E-state index in [9.17, 15) is 0 Å². The van der Waals surface area contributed by atoms with Gasteiger partial charge >= 0.3 is 0 Å². The van der Waals surface area contributed by atoms with E-state index in [1.807, 2.05) is 53.2 Å². The van der Waals surface area contributed by atoms with Crippen molar-refractivity contribution in [3.05, 3.63) is 72.2 Å². The van der Waals surface area contributed by atoms with Gasteiger partial charge < -0.3 is 9.72 Å². The van der Waals surface area contributed by atoms with Crippen LogP contribution in [0, 0.1) is 0 Å². The quantitative estimate of drug-likeness (QED) is 0.745. The summed E-state index contributed by atoms with van der Waals surface area (Å²) in [5.74, 6) is 0.780. The summed E-state index contributed by atoms with van der Waals surface area (Å²) in [7, 11) is 0. The molecular weight excluding hydrogens is 298 g/mol. The topological polar surface area (TPSA) is 29.3 Å². The number of hydrogen-bond acceptors (Lipinski definition) is 3. The molecule has 3 nitrogen and oxygen atoms in total. The molecule has 0 aliphatic heterocycles. The van der Waals surface area contributed by atoms with Gasteiger partial charge in [0.25, 0.3) is 0 Å². The number of rotatable bonds is 4. The first-order chi connectivity index (χ1) is 10.3. The molecular formula is C16H15N3S2. The molecule has 0 aliphatic carbocycles. The Labute approximate surface area is 133 Å². The number of aromatic nitrogens is 2. The van der Waals surface area contributed by atoms with Crippen molar-refractivity contribution < 1.29 is 0 Å². The number of thioether (sulfide) groups is 1. The molecule has 2 aromatic heterocycles. The molecule has 1 N–H and O–H groups in total. The summed E-state index contributed by atoms with van der Waals surface area (Å²) >= 11 is 6.96. The molecule has 1 aromatic carbocycles. The Balaban J connectivity index is 1.51. The molecule has 21 heavy (non-hydrogen) atoms. The first kappa shape index (κ1) is 14.1. The van der Waals surface area contributed by atoms with E-state index in [0.717, 1.165) is 28.0 Å². The summed E-state index contributed by atoms with van der Waals surface area (Å²) in [6, 6.07) is 16.2. The number of hydrogen-bond donors (Lipinski definition) is 1. The minimum Gasteiger partial charge on any atom is -0.367 e. The molecule has 0 saturated heterocycles. The Kier molecular flexibility index (Phi) is 4.52. The monoisotopic (exact) mass is 313 g/mol. The standard InChI is InChI=1S/C16H15N3S2/c20-16(17-10-13-6-2-1-3-7-13)21-12-14-11-19-9-5-4-8-15(19)18-14/h1-9,11H,10,12H2,(H,17,20). The Morgan fingerprint density at radius 3 is 2.76 bits per heavy atom. The summed E-state index contributed by atoms with van der Waals surface area (Å²) in [5, 5.41) is 3.26. The fourth-order valence-corrected chi connectivity index (χ4v) is 2.86. The third-order valence-electron chi connectivity index (χ3n) is 3.04. The molecule has 0 atom stereocenters. The molecule has 0 radical (unpaired) electrons. The van der Waals surface area contributed by atoms with Gasteiger partial charge in [0.2, 0.25) is 0 Å². The van der Waals surface area contributed by atoms with Crippen molar-refractivity contribution in [2.45, 2.75) is 12.3 Å². The number of thiocarbonyl (C=S) groups is 1. The van der Waals surface area contributed by atoms with E-state index in [4.69, 9.17) is 12.2 Å². The predicted molar refractivity (Wildman–Crippen MR) is 92.4 cm³/mol. The third-order valence-corrected chi connectivity index (χ3v) is 4.39. The summed E-state index contributed by atoms with van der Waals surface area (Å²) in [4.78, 5) is 4.56. The summed E-state index contributed by atoms with van der Waals surface area (Å²) in [6.07, 6.45) is 4.05. The molecule has 5 heteroatoms. The van der Waals surface area contributed by atoms with E-state index in [0.29, 0.717) is 0 Å². The maximum atomic E-state index is 5.35. The molecule has 0 bridgehead atoms. The molecule has 0 saturated carbocycles. The van der Waals surface area contributed by atoms with Crippen molar-refractivity contribution in [2.75, 3.05) is 0 Å². The van der Waals surface area contributed by atoms with Gasteiger partial charge in [-0.25, -0.2) is 4.98 Å². The van der Waals surface area contributed by atoms with Crippen LogP contribution in [-0.2, 0) is 12.3 Å². The second-order valence-electron chi connectivity index (χ2n) is 4.61. The molecule has 2 heterocycles. The van der Waals surface area contributed by atoms with Crippen LogP contribution in [0.15, 0.2) is 60.9 Å². The molecule has 0 spiro atoms. The van der Waals surface area contributed by atoms with E-state index in [-0.39, 0.29) is 0 Å². The highest BCUT2D eigenvalue weighted by atomic mass is 32.2. The highest BCUT2D eigenvalue weighted by molar-refractivity contribution is 8.22. The van der Waals surface area contributed by atoms with Crippen molar-refractivity contribution in [2.24, 2.45) is 0 Å². The third kappa shape index (κ3) is 3.83. The van der Waals surface area contributed by atoms with Crippen LogP contribution in [0.3, 0.4) is 0 Å². The van der Waals surface area contributed by atoms with Crippen LogP contribution in [0.1, 0.15) is 11.3 Å². The average molecular weight is 313 g/mol. The van der Waals surface area contributed by atoms with Gasteiger partial charge in [-0.15, -0.1) is 0 Å². The SMILES string of the molecule is S=C(NCc1ccccc1)SCc1cn2ccccc2n1. The Morgan fingerprint density at radius 1 is 1.14 bits per heavy atom. The molecule has 3 aromatic rings. The zero-order valence-electron chi connectivity index (χ0n) is 11.4. The highest BCUT2D eigenvalue weighted by Gasteiger charge is 2.03. The lowest BCUT2D eigenvalue weighted by atomic mass is 10.2. The largest absolute Gasteiger partial charge is 0.367 e. The van der Waals surface area contributed by atoms with Gasteiger partial charge in [0.15, 0.2) is 0 Å². The minimum absolute atomic E-state index is 0.762. The van der Waals surface area contributed by atoms with E-state index in [1.165, 1.54) is 5.56 Å². The minimum atomic E-state index is 0.762. The average Bonchev–Trinajstić information content (AvgIpc) is 2.95. The van der Waals surface area contributed by atoms with Gasteiger partial charge in [0.05, 0.1) is 5.69 Å². The molecule has 0 aliphatic rings. The summed E-state index contributed by atoms with van der Waals surface area (Å²) in [6.45, 7) is 0.762. The summed E-state index contributed by atoms with van der Waals surface area (Å²) < 4.78 is 2.83. The molecule has 0 fully saturated rings. The summed E-state index contributed by atoms with van der Waals surface area (Å²) in [5.41, 5.74) is 3.24. The van der Waals surface area contributed by atoms with Crippen LogP contribution < -0.4 is 5.32 Å². The number of nitrogens with one attached hydrogen (secondary N) is 1. The number of benzene rings is 1. The smallest absolute Gasteiger partial charge is 0.137 e. The molecule has 0 amide bonds. The van der Waals surface area contributed by atoms with E-state index < -0.39 is 0 Å². The van der Waals surface area contributed by atoms with E-state index in [2.05, 4.69) is 22.4 Å². The Bertz CT molecular complexity index is 704. The number of fused-ring (bicyclic) bond motifs is 1. The zero-order chi connectivity index (χ0) is 14.5. The van der Waals surface area contributed by atoms with Crippen LogP contribution >= 0.6 is 24.0 Å². The van der Waals surface area contributed by atoms with Crippen molar-refractivity contribution in [1.29, 1.82) is 0 Å².